The van der Waals surface area contributed by atoms with Crippen molar-refractivity contribution in [1.29, 1.82) is 5.26 Å². The molecule has 0 saturated heterocycles. The average molecular weight is 365 g/mol. The van der Waals surface area contributed by atoms with Crippen molar-refractivity contribution in [2.24, 2.45) is 5.92 Å². The van der Waals surface area contributed by atoms with Gasteiger partial charge in [-0.3, -0.25) is 4.79 Å². The highest BCUT2D eigenvalue weighted by Crippen LogP contribution is 2.28. The minimum atomic E-state index is -0.605. The van der Waals surface area contributed by atoms with Crippen LogP contribution in [0, 0.1) is 17.2 Å². The number of nitrogens with one attached hydrogen (secondary N) is 1. The van der Waals surface area contributed by atoms with Crippen LogP contribution in [-0.4, -0.2) is 19.1 Å². The first-order chi connectivity index (χ1) is 10.6. The van der Waals surface area contributed by atoms with E-state index in [1.54, 1.807) is 7.11 Å². The number of nitrogens with zero attached hydrogens (tertiary/aromatic N) is 1. The second kappa shape index (κ2) is 8.30. The molecule has 0 aliphatic heterocycles. The monoisotopic (exact) mass is 364 g/mol. The zero-order valence-corrected chi connectivity index (χ0v) is 14.3. The van der Waals surface area contributed by atoms with Crippen LogP contribution in [0.15, 0.2) is 28.7 Å². The van der Waals surface area contributed by atoms with E-state index in [2.05, 4.69) is 27.3 Å². The summed E-state index contributed by atoms with van der Waals surface area (Å²) in [6, 6.07) is 9.01. The van der Waals surface area contributed by atoms with Crippen LogP contribution in [0.4, 0.5) is 0 Å². The molecular weight excluding hydrogens is 344 g/mol. The number of nitriles is 1. The molecule has 3 unspecified atom stereocenters. The van der Waals surface area contributed by atoms with Gasteiger partial charge in [0.1, 0.15) is 6.04 Å². The van der Waals surface area contributed by atoms with E-state index in [4.69, 9.17) is 4.74 Å². The van der Waals surface area contributed by atoms with Crippen molar-refractivity contribution in [2.45, 2.75) is 44.2 Å². The topological polar surface area (TPSA) is 62.1 Å². The summed E-state index contributed by atoms with van der Waals surface area (Å²) in [6.45, 7) is 0. The van der Waals surface area contributed by atoms with Gasteiger partial charge in [0.05, 0.1) is 12.2 Å². The Morgan fingerprint density at radius 3 is 3.05 bits per heavy atom. The molecule has 1 fully saturated rings. The summed E-state index contributed by atoms with van der Waals surface area (Å²) in [5.41, 5.74) is 0.795. The number of rotatable bonds is 5. The van der Waals surface area contributed by atoms with Gasteiger partial charge in [0.25, 0.3) is 0 Å². The second-order valence-electron chi connectivity index (χ2n) is 5.78. The zero-order chi connectivity index (χ0) is 15.9. The van der Waals surface area contributed by atoms with Gasteiger partial charge in [-0.1, -0.05) is 34.5 Å². The quantitative estimate of drug-likeness (QED) is 0.865. The van der Waals surface area contributed by atoms with Gasteiger partial charge in [0.15, 0.2) is 0 Å². The maximum absolute atomic E-state index is 12.2. The summed E-state index contributed by atoms with van der Waals surface area (Å²) in [6.07, 6.45) is 4.89. The molecule has 1 aromatic rings. The predicted octanol–water partition coefficient (Wildman–Crippen LogP) is 3.73. The molecule has 1 amide bonds. The van der Waals surface area contributed by atoms with E-state index in [1.165, 1.54) is 0 Å². The average Bonchev–Trinajstić information content (AvgIpc) is 2.52. The maximum atomic E-state index is 12.2. The predicted molar refractivity (Wildman–Crippen MR) is 88.0 cm³/mol. The lowest BCUT2D eigenvalue weighted by Crippen LogP contribution is -2.31. The number of hydrogen-bond acceptors (Lipinski definition) is 3. The second-order valence-corrected chi connectivity index (χ2v) is 6.69. The highest BCUT2D eigenvalue weighted by atomic mass is 79.9. The van der Waals surface area contributed by atoms with Crippen molar-refractivity contribution >= 4 is 21.8 Å². The van der Waals surface area contributed by atoms with Crippen molar-refractivity contribution in [3.8, 4) is 6.07 Å². The van der Waals surface area contributed by atoms with E-state index in [1.807, 2.05) is 24.3 Å². The molecule has 0 spiro atoms. The molecular formula is C17H21BrN2O2. The maximum Gasteiger partial charge on any atom is 0.221 e. The summed E-state index contributed by atoms with van der Waals surface area (Å²) in [5.74, 6) is 0.286. The van der Waals surface area contributed by atoms with Crippen LogP contribution < -0.4 is 5.32 Å². The number of methoxy groups -OCH3 is 1. The smallest absolute Gasteiger partial charge is 0.221 e. The van der Waals surface area contributed by atoms with E-state index in [-0.39, 0.29) is 12.0 Å². The van der Waals surface area contributed by atoms with Crippen molar-refractivity contribution < 1.29 is 9.53 Å². The van der Waals surface area contributed by atoms with Crippen molar-refractivity contribution in [3.63, 3.8) is 0 Å². The first kappa shape index (κ1) is 17.0. The van der Waals surface area contributed by atoms with Gasteiger partial charge in [-0.2, -0.15) is 5.26 Å². The summed E-state index contributed by atoms with van der Waals surface area (Å²) >= 11 is 3.38. The van der Waals surface area contributed by atoms with Crippen LogP contribution in [-0.2, 0) is 9.53 Å². The van der Waals surface area contributed by atoms with Crippen molar-refractivity contribution in [3.05, 3.63) is 34.3 Å². The van der Waals surface area contributed by atoms with E-state index < -0.39 is 6.04 Å². The fourth-order valence-corrected chi connectivity index (χ4v) is 3.42. The summed E-state index contributed by atoms with van der Waals surface area (Å²) in [7, 11) is 1.73. The molecule has 1 saturated carbocycles. The van der Waals surface area contributed by atoms with Crippen LogP contribution in [0.25, 0.3) is 0 Å². The van der Waals surface area contributed by atoms with Crippen LogP contribution in [0.5, 0.6) is 0 Å². The van der Waals surface area contributed by atoms with E-state index in [0.717, 1.165) is 35.7 Å². The van der Waals surface area contributed by atoms with Gasteiger partial charge in [-0.05, 0) is 42.9 Å². The Labute approximate surface area is 140 Å². The summed E-state index contributed by atoms with van der Waals surface area (Å²) < 4.78 is 6.30. The van der Waals surface area contributed by atoms with E-state index in [9.17, 15) is 10.1 Å². The Hall–Kier alpha value is -1.38. The molecule has 1 aliphatic carbocycles. The Morgan fingerprint density at radius 1 is 1.55 bits per heavy atom. The minimum absolute atomic E-state index is 0.0618. The highest BCUT2D eigenvalue weighted by molar-refractivity contribution is 9.10. The van der Waals surface area contributed by atoms with Crippen molar-refractivity contribution in [2.75, 3.05) is 7.11 Å². The van der Waals surface area contributed by atoms with Gasteiger partial charge in [-0.15, -0.1) is 0 Å². The number of hydrogen-bond donors (Lipinski definition) is 1. The third-order valence-corrected chi connectivity index (χ3v) is 4.65. The summed E-state index contributed by atoms with van der Waals surface area (Å²) in [5, 5.41) is 12.1. The molecule has 4 nitrogen and oxygen atoms in total. The molecule has 0 aromatic heterocycles. The number of amides is 1. The lowest BCUT2D eigenvalue weighted by atomic mass is 9.85. The van der Waals surface area contributed by atoms with Crippen LogP contribution in [0.1, 0.15) is 43.7 Å². The number of ether oxygens (including phenoxy) is 1. The fraction of sp³-hybridized carbons (Fsp3) is 0.529. The van der Waals surface area contributed by atoms with Crippen molar-refractivity contribution in [1.82, 2.24) is 5.32 Å². The van der Waals surface area contributed by atoms with Crippen LogP contribution >= 0.6 is 15.9 Å². The first-order valence-electron chi connectivity index (χ1n) is 7.59. The van der Waals surface area contributed by atoms with E-state index >= 15 is 0 Å². The molecule has 1 aromatic carbocycles. The molecule has 0 bridgehead atoms. The molecule has 22 heavy (non-hydrogen) atoms. The third kappa shape index (κ3) is 4.82. The highest BCUT2D eigenvalue weighted by Gasteiger charge is 2.24. The van der Waals surface area contributed by atoms with Gasteiger partial charge < -0.3 is 10.1 Å². The third-order valence-electron chi connectivity index (χ3n) is 4.16. The lowest BCUT2D eigenvalue weighted by molar-refractivity contribution is -0.123. The number of benzene rings is 1. The standard InChI is InChI=1S/C17H21BrN2O2/c1-22-15-7-2-4-12(8-15)9-17(21)20-16(11-19)13-5-3-6-14(18)10-13/h3,5-6,10,12,15-16H,2,4,7-9H2,1H3,(H,20,21). The Morgan fingerprint density at radius 2 is 2.36 bits per heavy atom. The zero-order valence-electron chi connectivity index (χ0n) is 12.7. The molecule has 0 radical (unpaired) electrons. The van der Waals surface area contributed by atoms with Crippen LogP contribution in [0.3, 0.4) is 0 Å². The van der Waals surface area contributed by atoms with Gasteiger partial charge >= 0.3 is 0 Å². The molecule has 1 N–H and O–H groups in total. The molecule has 0 heterocycles. The SMILES string of the molecule is COC1CCCC(CC(=O)NC(C#N)c2cccc(Br)c2)C1. The molecule has 2 rings (SSSR count). The largest absolute Gasteiger partial charge is 0.381 e. The first-order valence-corrected chi connectivity index (χ1v) is 8.39. The number of carbonyl (C=O) groups is 1. The minimum Gasteiger partial charge on any atom is -0.381 e. The fourth-order valence-electron chi connectivity index (χ4n) is 3.00. The van der Waals surface area contributed by atoms with E-state index in [0.29, 0.717) is 12.3 Å². The Balaban J connectivity index is 1.91. The van der Waals surface area contributed by atoms with Crippen LogP contribution in [0.2, 0.25) is 0 Å². The molecule has 1 aliphatic rings. The normalized spacial score (nSPS) is 22.6. The van der Waals surface area contributed by atoms with Gasteiger partial charge in [0.2, 0.25) is 5.91 Å². The Kier molecular flexibility index (Phi) is 6.41. The number of carbonyl (C=O) groups excluding carboxylic acids is 1. The molecule has 5 heteroatoms. The van der Waals surface area contributed by atoms with Gasteiger partial charge in [0, 0.05) is 18.0 Å². The number of halogens is 1. The summed E-state index contributed by atoms with van der Waals surface area (Å²) in [4.78, 5) is 12.2. The molecule has 118 valence electrons. The lowest BCUT2D eigenvalue weighted by Gasteiger charge is -2.28. The Bertz CT molecular complexity index is 556. The van der Waals surface area contributed by atoms with Gasteiger partial charge in [-0.25, -0.2) is 0 Å². The molecule has 3 atom stereocenters.